The van der Waals surface area contributed by atoms with Gasteiger partial charge in [-0.3, -0.25) is 4.79 Å². The zero-order valence-electron chi connectivity index (χ0n) is 12.2. The number of rotatable bonds is 6. The molecule has 0 aliphatic heterocycles. The van der Waals surface area contributed by atoms with Gasteiger partial charge in [-0.1, -0.05) is 43.0 Å². The molecule has 4 heteroatoms. The van der Waals surface area contributed by atoms with E-state index in [0.717, 1.165) is 6.08 Å². The van der Waals surface area contributed by atoms with Crippen molar-refractivity contribution < 1.29 is 19.1 Å². The summed E-state index contributed by atoms with van der Waals surface area (Å²) in [6.45, 7) is 5.49. The van der Waals surface area contributed by atoms with Gasteiger partial charge in [-0.25, -0.2) is 4.79 Å². The lowest BCUT2D eigenvalue weighted by Gasteiger charge is -2.13. The highest BCUT2D eigenvalue weighted by Gasteiger charge is 2.19. The van der Waals surface area contributed by atoms with Crippen molar-refractivity contribution in [2.24, 2.45) is 0 Å². The molecule has 0 N–H and O–H groups in total. The Bertz CT molecular complexity index is 689. The number of benzene rings is 2. The molecule has 0 bridgehead atoms. The molecule has 0 unspecified atom stereocenters. The van der Waals surface area contributed by atoms with Crippen LogP contribution in [0.5, 0.6) is 11.5 Å². The third-order valence-corrected chi connectivity index (χ3v) is 2.93. The first-order chi connectivity index (χ1) is 10.7. The molecule has 0 atom stereocenters. The van der Waals surface area contributed by atoms with Crippen LogP contribution < -0.4 is 9.47 Å². The van der Waals surface area contributed by atoms with Gasteiger partial charge in [-0.2, -0.15) is 0 Å². The molecule has 0 radical (unpaired) electrons. The van der Waals surface area contributed by atoms with Gasteiger partial charge in [-0.05, 0) is 19.1 Å². The number of hydrogen-bond donors (Lipinski definition) is 0. The second kappa shape index (κ2) is 7.22. The van der Waals surface area contributed by atoms with E-state index in [0.29, 0.717) is 17.7 Å². The van der Waals surface area contributed by atoms with E-state index >= 15 is 0 Å². The van der Waals surface area contributed by atoms with Crippen LogP contribution in [0, 0.1) is 0 Å². The fourth-order valence-corrected chi connectivity index (χ4v) is 1.96. The summed E-state index contributed by atoms with van der Waals surface area (Å²) in [7, 11) is 0. The van der Waals surface area contributed by atoms with Crippen LogP contribution in [0.2, 0.25) is 0 Å². The van der Waals surface area contributed by atoms with Gasteiger partial charge in [0.05, 0.1) is 12.2 Å². The minimum Gasteiger partial charge on any atom is -0.489 e. The van der Waals surface area contributed by atoms with Crippen LogP contribution in [0.25, 0.3) is 0 Å². The van der Waals surface area contributed by atoms with E-state index in [1.54, 1.807) is 49.4 Å². The molecule has 0 saturated heterocycles. The van der Waals surface area contributed by atoms with E-state index in [9.17, 15) is 9.59 Å². The van der Waals surface area contributed by atoms with E-state index in [1.807, 2.05) is 6.07 Å². The second-order valence-electron chi connectivity index (χ2n) is 4.39. The van der Waals surface area contributed by atoms with Gasteiger partial charge in [0, 0.05) is 11.6 Å². The van der Waals surface area contributed by atoms with Crippen LogP contribution in [0.1, 0.15) is 22.8 Å². The quantitative estimate of drug-likeness (QED) is 0.355. The van der Waals surface area contributed by atoms with Crippen LogP contribution in [-0.4, -0.2) is 18.4 Å². The lowest BCUT2D eigenvalue weighted by atomic mass is 10.0. The number of hydrogen-bond acceptors (Lipinski definition) is 4. The fourth-order valence-electron chi connectivity index (χ4n) is 1.96. The second-order valence-corrected chi connectivity index (χ2v) is 4.39. The smallest absolute Gasteiger partial charge is 0.335 e. The predicted molar refractivity (Wildman–Crippen MR) is 83.3 cm³/mol. The summed E-state index contributed by atoms with van der Waals surface area (Å²) < 4.78 is 10.7. The molecule has 0 aromatic heterocycles. The van der Waals surface area contributed by atoms with Crippen LogP contribution in [0.15, 0.2) is 61.2 Å². The number of carbonyl (C=O) groups excluding carboxylic acids is 2. The molecule has 2 aromatic rings. The Hall–Kier alpha value is -2.88. The van der Waals surface area contributed by atoms with Gasteiger partial charge < -0.3 is 9.47 Å². The Balaban J connectivity index is 2.46. The van der Waals surface area contributed by atoms with Crippen molar-refractivity contribution in [2.45, 2.75) is 6.92 Å². The Morgan fingerprint density at radius 3 is 2.45 bits per heavy atom. The van der Waals surface area contributed by atoms with Crippen molar-refractivity contribution in [1.82, 2.24) is 0 Å². The molecule has 0 heterocycles. The van der Waals surface area contributed by atoms with Crippen LogP contribution in [0.4, 0.5) is 0 Å². The molecule has 0 saturated carbocycles. The molecule has 2 rings (SSSR count). The van der Waals surface area contributed by atoms with Crippen LogP contribution in [0.3, 0.4) is 0 Å². The summed E-state index contributed by atoms with van der Waals surface area (Å²) in [5.41, 5.74) is 0.887. The van der Waals surface area contributed by atoms with Gasteiger partial charge in [-0.15, -0.1) is 0 Å². The highest BCUT2D eigenvalue weighted by molar-refractivity contribution is 6.11. The van der Waals surface area contributed by atoms with Crippen molar-refractivity contribution in [2.75, 3.05) is 6.61 Å². The van der Waals surface area contributed by atoms with Gasteiger partial charge in [0.25, 0.3) is 0 Å². The number of ether oxygens (including phenoxy) is 2. The average molecular weight is 296 g/mol. The van der Waals surface area contributed by atoms with E-state index < -0.39 is 5.97 Å². The molecule has 22 heavy (non-hydrogen) atoms. The van der Waals surface area contributed by atoms with Crippen molar-refractivity contribution in [3.63, 3.8) is 0 Å². The maximum Gasteiger partial charge on any atom is 0.335 e. The first-order valence-electron chi connectivity index (χ1n) is 6.87. The van der Waals surface area contributed by atoms with Gasteiger partial charge >= 0.3 is 5.97 Å². The van der Waals surface area contributed by atoms with Gasteiger partial charge in [0.2, 0.25) is 0 Å². The van der Waals surface area contributed by atoms with Crippen molar-refractivity contribution >= 4 is 11.8 Å². The lowest BCUT2D eigenvalue weighted by Crippen LogP contribution is -2.10. The maximum atomic E-state index is 12.6. The molecule has 0 spiro atoms. The molecule has 4 nitrogen and oxygen atoms in total. The van der Waals surface area contributed by atoms with Crippen molar-refractivity contribution in [3.8, 4) is 11.5 Å². The highest BCUT2D eigenvalue weighted by atomic mass is 16.6. The Morgan fingerprint density at radius 2 is 1.82 bits per heavy atom. The molecule has 0 aliphatic carbocycles. The molecule has 0 amide bonds. The predicted octanol–water partition coefficient (Wildman–Crippen LogP) is 3.41. The fraction of sp³-hybridized carbons (Fsp3) is 0.111. The Kier molecular flexibility index (Phi) is 5.09. The van der Waals surface area contributed by atoms with Gasteiger partial charge in [0.1, 0.15) is 0 Å². The van der Waals surface area contributed by atoms with Crippen molar-refractivity contribution in [3.05, 3.63) is 72.3 Å². The Morgan fingerprint density at radius 1 is 1.09 bits per heavy atom. The number of carbonyl (C=O) groups is 2. The molecule has 0 fully saturated rings. The SMILES string of the molecule is C=CC(=O)Oc1cccc(C(=O)c2ccccc2)c1OCC. The summed E-state index contributed by atoms with van der Waals surface area (Å²) in [5.74, 6) is -0.339. The van der Waals surface area contributed by atoms with E-state index in [2.05, 4.69) is 6.58 Å². The lowest BCUT2D eigenvalue weighted by molar-refractivity contribution is -0.129. The number of para-hydroxylation sites is 1. The minimum absolute atomic E-state index is 0.194. The largest absolute Gasteiger partial charge is 0.489 e. The van der Waals surface area contributed by atoms with Crippen LogP contribution >= 0.6 is 0 Å². The highest BCUT2D eigenvalue weighted by Crippen LogP contribution is 2.33. The van der Waals surface area contributed by atoms with E-state index in [1.165, 1.54) is 0 Å². The molecule has 2 aromatic carbocycles. The molecule has 0 aliphatic rings. The van der Waals surface area contributed by atoms with Crippen molar-refractivity contribution in [1.29, 1.82) is 0 Å². The average Bonchev–Trinajstić information content (AvgIpc) is 2.56. The molecule has 112 valence electrons. The maximum absolute atomic E-state index is 12.6. The van der Waals surface area contributed by atoms with E-state index in [4.69, 9.17) is 9.47 Å². The third kappa shape index (κ3) is 3.41. The monoisotopic (exact) mass is 296 g/mol. The summed E-state index contributed by atoms with van der Waals surface area (Å²) in [6, 6.07) is 13.7. The Labute approximate surface area is 129 Å². The van der Waals surface area contributed by atoms with E-state index in [-0.39, 0.29) is 17.3 Å². The number of esters is 1. The standard InChI is InChI=1S/C18H16O4/c1-3-16(19)22-15-12-8-11-14(18(15)21-4-2)17(20)13-9-6-5-7-10-13/h3,5-12H,1,4H2,2H3. The summed E-state index contributed by atoms with van der Waals surface area (Å²) >= 11 is 0. The minimum atomic E-state index is -0.606. The first kappa shape index (κ1) is 15.5. The summed E-state index contributed by atoms with van der Waals surface area (Å²) in [6.07, 6.45) is 1.06. The summed E-state index contributed by atoms with van der Waals surface area (Å²) in [5, 5.41) is 0. The first-order valence-corrected chi connectivity index (χ1v) is 6.87. The topological polar surface area (TPSA) is 52.6 Å². The third-order valence-electron chi connectivity index (χ3n) is 2.93. The summed E-state index contributed by atoms with van der Waals surface area (Å²) in [4.78, 5) is 24.0. The zero-order valence-corrected chi connectivity index (χ0v) is 12.2. The van der Waals surface area contributed by atoms with Crippen LogP contribution in [-0.2, 0) is 4.79 Å². The number of ketones is 1. The molecular weight excluding hydrogens is 280 g/mol. The van der Waals surface area contributed by atoms with Gasteiger partial charge in [0.15, 0.2) is 17.3 Å². The normalized spacial score (nSPS) is 9.86. The zero-order chi connectivity index (χ0) is 15.9. The molecular formula is C18H16O4.